The zero-order valence-corrected chi connectivity index (χ0v) is 14.0. The van der Waals surface area contributed by atoms with E-state index < -0.39 is 4.92 Å². The number of nitro benzene ring substituents is 1. The Balaban J connectivity index is 1.89. The number of nitrogens with zero attached hydrogens (tertiary/aromatic N) is 4. The average molecular weight is 338 g/mol. The summed E-state index contributed by atoms with van der Waals surface area (Å²) in [6, 6.07) is 10.7. The molecule has 0 spiro atoms. The van der Waals surface area contributed by atoms with Crippen LogP contribution in [-0.2, 0) is 5.75 Å². The average Bonchev–Trinajstić information content (AvgIpc) is 2.90. The molecule has 0 fully saturated rings. The zero-order valence-electron chi connectivity index (χ0n) is 13.2. The van der Waals surface area contributed by atoms with Crippen LogP contribution < -0.4 is 0 Å². The molecule has 0 unspecified atom stereocenters. The first-order valence-corrected chi connectivity index (χ1v) is 8.24. The maximum Gasteiger partial charge on any atom is 0.269 e. The Kier molecular flexibility index (Phi) is 4.23. The lowest BCUT2D eigenvalue weighted by molar-refractivity contribution is -0.384. The lowest BCUT2D eigenvalue weighted by Gasteiger charge is -2.00. The van der Waals surface area contributed by atoms with E-state index in [1.54, 1.807) is 16.6 Å². The molecule has 0 bridgehead atoms. The normalized spacial score (nSPS) is 10.7. The van der Waals surface area contributed by atoms with Crippen molar-refractivity contribution < 1.29 is 4.92 Å². The highest BCUT2D eigenvalue weighted by atomic mass is 32.2. The van der Waals surface area contributed by atoms with Gasteiger partial charge in [0.2, 0.25) is 0 Å². The SMILES string of the molecule is Cc1cc(C)c2c(C#N)c(SCc3ccc([N+](=O)[O-])cc3)nn2c1. The Bertz CT molecular complexity index is 971. The molecule has 0 aliphatic rings. The summed E-state index contributed by atoms with van der Waals surface area (Å²) in [5.41, 5.74) is 4.51. The van der Waals surface area contributed by atoms with E-state index in [4.69, 9.17) is 0 Å². The number of rotatable bonds is 4. The van der Waals surface area contributed by atoms with Crippen molar-refractivity contribution in [2.45, 2.75) is 24.6 Å². The number of fused-ring (bicyclic) bond motifs is 1. The molecule has 2 heterocycles. The third-order valence-electron chi connectivity index (χ3n) is 3.66. The number of aryl methyl sites for hydroxylation is 2. The van der Waals surface area contributed by atoms with Gasteiger partial charge in [0.25, 0.3) is 5.69 Å². The highest BCUT2D eigenvalue weighted by Crippen LogP contribution is 2.29. The number of nitro groups is 1. The van der Waals surface area contributed by atoms with Gasteiger partial charge in [0.05, 0.1) is 10.4 Å². The fraction of sp³-hybridized carbons (Fsp3) is 0.176. The van der Waals surface area contributed by atoms with E-state index in [0.717, 1.165) is 22.2 Å². The summed E-state index contributed by atoms with van der Waals surface area (Å²) in [7, 11) is 0. The summed E-state index contributed by atoms with van der Waals surface area (Å²) < 4.78 is 1.75. The molecule has 24 heavy (non-hydrogen) atoms. The number of nitriles is 1. The van der Waals surface area contributed by atoms with Crippen LogP contribution in [0, 0.1) is 35.3 Å². The highest BCUT2D eigenvalue weighted by molar-refractivity contribution is 7.98. The van der Waals surface area contributed by atoms with Gasteiger partial charge in [-0.2, -0.15) is 10.4 Å². The largest absolute Gasteiger partial charge is 0.269 e. The van der Waals surface area contributed by atoms with Crippen molar-refractivity contribution in [3.63, 3.8) is 0 Å². The standard InChI is InChI=1S/C17H14N4O2S/c1-11-7-12(2)16-15(8-18)17(19-20(16)9-11)24-10-13-3-5-14(6-4-13)21(22)23/h3-7,9H,10H2,1-2H3. The van der Waals surface area contributed by atoms with Crippen molar-refractivity contribution in [3.8, 4) is 6.07 Å². The summed E-state index contributed by atoms with van der Waals surface area (Å²) in [5.74, 6) is 0.592. The fourth-order valence-electron chi connectivity index (χ4n) is 2.59. The molecule has 0 saturated heterocycles. The Hall–Kier alpha value is -2.85. The van der Waals surface area contributed by atoms with Gasteiger partial charge in [-0.25, -0.2) is 4.52 Å². The number of aromatic nitrogens is 2. The van der Waals surface area contributed by atoms with Crippen molar-refractivity contribution in [2.75, 3.05) is 0 Å². The number of thioether (sulfide) groups is 1. The smallest absolute Gasteiger partial charge is 0.258 e. The van der Waals surface area contributed by atoms with Gasteiger partial charge in [-0.1, -0.05) is 30.0 Å². The maximum atomic E-state index is 10.7. The Morgan fingerprint density at radius 3 is 2.67 bits per heavy atom. The monoisotopic (exact) mass is 338 g/mol. The van der Waals surface area contributed by atoms with Crippen LogP contribution in [0.15, 0.2) is 41.6 Å². The third-order valence-corrected chi connectivity index (χ3v) is 4.69. The Morgan fingerprint density at radius 2 is 2.04 bits per heavy atom. The van der Waals surface area contributed by atoms with Crippen LogP contribution in [0.3, 0.4) is 0 Å². The van der Waals surface area contributed by atoms with Crippen molar-refractivity contribution in [3.05, 3.63) is 68.9 Å². The second kappa shape index (κ2) is 6.34. The molecule has 0 N–H and O–H groups in total. The molecule has 2 aromatic heterocycles. The molecule has 0 saturated carbocycles. The minimum Gasteiger partial charge on any atom is -0.258 e. The molecule has 0 aliphatic heterocycles. The second-order valence-electron chi connectivity index (χ2n) is 5.50. The highest BCUT2D eigenvalue weighted by Gasteiger charge is 2.15. The van der Waals surface area contributed by atoms with Crippen LogP contribution >= 0.6 is 11.8 Å². The Morgan fingerprint density at radius 1 is 1.33 bits per heavy atom. The molecule has 1 aromatic carbocycles. The molecule has 120 valence electrons. The molecule has 3 aromatic rings. The van der Waals surface area contributed by atoms with E-state index >= 15 is 0 Å². The Labute approximate surface area is 142 Å². The van der Waals surface area contributed by atoms with Gasteiger partial charge in [-0.05, 0) is 30.5 Å². The molecule has 0 atom stereocenters. The van der Waals surface area contributed by atoms with E-state index in [1.165, 1.54) is 23.9 Å². The van der Waals surface area contributed by atoms with Crippen LogP contribution in [0.5, 0.6) is 0 Å². The van der Waals surface area contributed by atoms with E-state index in [0.29, 0.717) is 16.3 Å². The van der Waals surface area contributed by atoms with Crippen LogP contribution in [0.2, 0.25) is 0 Å². The van der Waals surface area contributed by atoms with Gasteiger partial charge in [-0.3, -0.25) is 10.1 Å². The lowest BCUT2D eigenvalue weighted by Crippen LogP contribution is -1.91. The van der Waals surface area contributed by atoms with Crippen molar-refractivity contribution in [2.24, 2.45) is 0 Å². The molecule has 3 rings (SSSR count). The first-order valence-electron chi connectivity index (χ1n) is 7.25. The summed E-state index contributed by atoms with van der Waals surface area (Å²) in [5, 5.41) is 25.4. The van der Waals surface area contributed by atoms with Crippen LogP contribution in [0.25, 0.3) is 5.52 Å². The topological polar surface area (TPSA) is 84.2 Å². The first-order chi connectivity index (χ1) is 11.5. The molecule has 7 heteroatoms. The minimum absolute atomic E-state index is 0.0697. The number of hydrogen-bond acceptors (Lipinski definition) is 5. The van der Waals surface area contributed by atoms with Crippen LogP contribution in [0.4, 0.5) is 5.69 Å². The van der Waals surface area contributed by atoms with Gasteiger partial charge in [0, 0.05) is 24.1 Å². The molecular weight excluding hydrogens is 324 g/mol. The molecule has 0 radical (unpaired) electrons. The number of hydrogen-bond donors (Lipinski definition) is 0. The van der Waals surface area contributed by atoms with Gasteiger partial charge >= 0.3 is 0 Å². The predicted octanol–water partition coefficient (Wildman–Crippen LogP) is 4.02. The maximum absolute atomic E-state index is 10.7. The van der Waals surface area contributed by atoms with Gasteiger partial charge < -0.3 is 0 Å². The van der Waals surface area contributed by atoms with Gasteiger partial charge in [0.15, 0.2) is 0 Å². The number of non-ortho nitro benzene ring substituents is 1. The van der Waals surface area contributed by atoms with E-state index in [2.05, 4.69) is 11.2 Å². The predicted molar refractivity (Wildman–Crippen MR) is 92.0 cm³/mol. The van der Waals surface area contributed by atoms with Crippen molar-refractivity contribution >= 4 is 23.0 Å². The fourth-order valence-corrected chi connectivity index (χ4v) is 3.52. The molecule has 6 nitrogen and oxygen atoms in total. The zero-order chi connectivity index (χ0) is 17.3. The van der Waals surface area contributed by atoms with E-state index in [1.807, 2.05) is 26.1 Å². The molecule has 0 aliphatic carbocycles. The molecular formula is C17H14N4O2S. The number of pyridine rings is 1. The first kappa shape index (κ1) is 16.0. The van der Waals surface area contributed by atoms with E-state index in [-0.39, 0.29) is 5.69 Å². The van der Waals surface area contributed by atoms with Crippen LogP contribution in [0.1, 0.15) is 22.3 Å². The molecule has 0 amide bonds. The van der Waals surface area contributed by atoms with Crippen molar-refractivity contribution in [1.29, 1.82) is 5.26 Å². The summed E-state index contributed by atoms with van der Waals surface area (Å²) in [6.07, 6.45) is 1.90. The van der Waals surface area contributed by atoms with E-state index in [9.17, 15) is 15.4 Å². The summed E-state index contributed by atoms with van der Waals surface area (Å²) >= 11 is 1.45. The summed E-state index contributed by atoms with van der Waals surface area (Å²) in [4.78, 5) is 10.3. The number of benzene rings is 1. The van der Waals surface area contributed by atoms with Crippen LogP contribution in [-0.4, -0.2) is 14.5 Å². The lowest BCUT2D eigenvalue weighted by atomic mass is 10.1. The minimum atomic E-state index is -0.419. The second-order valence-corrected chi connectivity index (χ2v) is 6.46. The third kappa shape index (κ3) is 2.96. The van der Waals surface area contributed by atoms with Gasteiger partial charge in [0.1, 0.15) is 16.7 Å². The van der Waals surface area contributed by atoms with Crippen molar-refractivity contribution in [1.82, 2.24) is 9.61 Å². The summed E-state index contributed by atoms with van der Waals surface area (Å²) in [6.45, 7) is 3.96. The van der Waals surface area contributed by atoms with Gasteiger partial charge in [-0.15, -0.1) is 0 Å². The quantitative estimate of drug-likeness (QED) is 0.407.